The first-order chi connectivity index (χ1) is 12.7. The summed E-state index contributed by atoms with van der Waals surface area (Å²) in [6.07, 6.45) is 2.50. The summed E-state index contributed by atoms with van der Waals surface area (Å²) in [4.78, 5) is 18.0. The number of pyridine rings is 1. The summed E-state index contributed by atoms with van der Waals surface area (Å²) in [6, 6.07) is 6.36. The molecule has 6 nitrogen and oxygen atoms in total. The molecule has 1 saturated heterocycles. The number of carbonyl (C=O) groups is 1. The fraction of sp³-hybridized carbons (Fsp3) is 0.294. The van der Waals surface area contributed by atoms with Gasteiger partial charge in [0.25, 0.3) is 15.9 Å². The number of nitrogens with zero attached hydrogens (tertiary/aromatic N) is 2. The highest BCUT2D eigenvalue weighted by atomic mass is 35.5. The van der Waals surface area contributed by atoms with Gasteiger partial charge in [-0.2, -0.15) is 0 Å². The molecule has 1 aromatic carbocycles. The summed E-state index contributed by atoms with van der Waals surface area (Å²) in [5.41, 5.74) is 1.05. The van der Waals surface area contributed by atoms with E-state index < -0.39 is 15.0 Å². The predicted octanol–water partition coefficient (Wildman–Crippen LogP) is 3.19. The normalized spacial score (nSPS) is 15.8. The monoisotopic (exact) mass is 431 g/mol. The van der Waals surface area contributed by atoms with Gasteiger partial charge < -0.3 is 4.90 Å². The Morgan fingerprint density at radius 3 is 2.30 bits per heavy atom. The second-order valence-corrected chi connectivity index (χ2v) is 8.50. The minimum Gasteiger partial charge on any atom is -0.339 e. The van der Waals surface area contributed by atoms with E-state index in [4.69, 9.17) is 28.3 Å². The maximum Gasteiger partial charge on any atom is 0.257 e. The van der Waals surface area contributed by atoms with Crippen molar-refractivity contribution in [3.63, 3.8) is 0 Å². The predicted molar refractivity (Wildman–Crippen MR) is 99.9 cm³/mol. The van der Waals surface area contributed by atoms with Crippen LogP contribution in [0.2, 0.25) is 10.0 Å². The second kappa shape index (κ2) is 7.71. The zero-order valence-corrected chi connectivity index (χ0v) is 16.4. The summed E-state index contributed by atoms with van der Waals surface area (Å²) in [7, 11) is -4.14. The zero-order valence-electron chi connectivity index (χ0n) is 14.0. The number of benzene rings is 1. The van der Waals surface area contributed by atoms with Crippen LogP contribution in [0.3, 0.4) is 0 Å². The second-order valence-electron chi connectivity index (χ2n) is 6.27. The van der Waals surface area contributed by atoms with Crippen molar-refractivity contribution in [3.05, 3.63) is 57.5 Å². The van der Waals surface area contributed by atoms with Crippen molar-refractivity contribution < 1.29 is 17.6 Å². The van der Waals surface area contributed by atoms with Gasteiger partial charge in [-0.05, 0) is 36.5 Å². The Morgan fingerprint density at radius 1 is 1.15 bits per heavy atom. The topological polar surface area (TPSA) is 93.4 Å². The fourth-order valence-electron chi connectivity index (χ4n) is 3.12. The molecule has 2 heterocycles. The van der Waals surface area contributed by atoms with Crippen molar-refractivity contribution in [2.24, 2.45) is 5.14 Å². The zero-order chi connectivity index (χ0) is 19.8. The Balaban J connectivity index is 1.74. The Morgan fingerprint density at radius 2 is 1.74 bits per heavy atom. The lowest BCUT2D eigenvalue weighted by molar-refractivity contribution is 0.0712. The molecule has 0 unspecified atom stereocenters. The van der Waals surface area contributed by atoms with Gasteiger partial charge in [0.05, 0.1) is 15.6 Å². The van der Waals surface area contributed by atoms with Crippen LogP contribution >= 0.6 is 23.2 Å². The van der Waals surface area contributed by atoms with E-state index in [1.54, 1.807) is 17.0 Å². The van der Waals surface area contributed by atoms with Crippen LogP contribution in [0.5, 0.6) is 0 Å². The van der Waals surface area contributed by atoms with Crippen molar-refractivity contribution in [1.82, 2.24) is 9.88 Å². The van der Waals surface area contributed by atoms with Crippen molar-refractivity contribution >= 4 is 39.1 Å². The Bertz CT molecular complexity index is 976. The lowest BCUT2D eigenvalue weighted by atomic mass is 9.89. The third-order valence-electron chi connectivity index (χ3n) is 4.55. The molecule has 1 aromatic heterocycles. The summed E-state index contributed by atoms with van der Waals surface area (Å²) in [5.74, 6) is -0.433. The molecule has 0 spiro atoms. The number of hydrogen-bond donors (Lipinski definition) is 1. The molecule has 2 N–H and O–H groups in total. The first kappa shape index (κ1) is 20.0. The van der Waals surface area contributed by atoms with E-state index in [9.17, 15) is 17.6 Å². The lowest BCUT2D eigenvalue weighted by Gasteiger charge is -2.32. The summed E-state index contributed by atoms with van der Waals surface area (Å²) in [6.45, 7) is 0.956. The first-order valence-corrected chi connectivity index (χ1v) is 10.4. The first-order valence-electron chi connectivity index (χ1n) is 8.10. The van der Waals surface area contributed by atoms with Gasteiger partial charge in [-0.15, -0.1) is 0 Å². The molecule has 0 radical (unpaired) electrons. The quantitative estimate of drug-likeness (QED) is 0.806. The third-order valence-corrected chi connectivity index (χ3v) is 6.37. The van der Waals surface area contributed by atoms with Gasteiger partial charge >= 0.3 is 0 Å². The van der Waals surface area contributed by atoms with Gasteiger partial charge in [0.2, 0.25) is 0 Å². The van der Waals surface area contributed by atoms with Crippen LogP contribution < -0.4 is 5.14 Å². The summed E-state index contributed by atoms with van der Waals surface area (Å²) >= 11 is 12.0. The third kappa shape index (κ3) is 4.24. The van der Waals surface area contributed by atoms with E-state index in [1.165, 1.54) is 12.1 Å². The van der Waals surface area contributed by atoms with E-state index >= 15 is 0 Å². The average Bonchev–Trinajstić information content (AvgIpc) is 2.63. The molecule has 0 atom stereocenters. The minimum absolute atomic E-state index is 0.0225. The van der Waals surface area contributed by atoms with Gasteiger partial charge in [-0.3, -0.25) is 4.79 Å². The van der Waals surface area contributed by atoms with E-state index in [0.29, 0.717) is 25.9 Å². The highest BCUT2D eigenvalue weighted by molar-refractivity contribution is 7.89. The van der Waals surface area contributed by atoms with Crippen molar-refractivity contribution in [2.75, 3.05) is 13.1 Å². The largest absolute Gasteiger partial charge is 0.339 e. The maximum absolute atomic E-state index is 13.1. The molecule has 0 aliphatic carbocycles. The Labute approximate surface area is 166 Å². The number of nitrogens with two attached hydrogens (primary N) is 1. The van der Waals surface area contributed by atoms with Crippen LogP contribution in [-0.2, 0) is 10.0 Å². The van der Waals surface area contributed by atoms with Crippen LogP contribution in [0.4, 0.5) is 4.39 Å². The number of aromatic nitrogens is 1. The molecular weight excluding hydrogens is 416 g/mol. The molecule has 0 bridgehead atoms. The van der Waals surface area contributed by atoms with Gasteiger partial charge in [0, 0.05) is 19.3 Å². The van der Waals surface area contributed by atoms with Crippen LogP contribution in [0.1, 0.15) is 34.7 Å². The number of piperidine rings is 1. The van der Waals surface area contributed by atoms with Gasteiger partial charge in [-0.25, -0.2) is 22.9 Å². The maximum atomic E-state index is 13.1. The van der Waals surface area contributed by atoms with E-state index in [1.807, 2.05) is 0 Å². The molecule has 0 saturated carbocycles. The number of halogens is 3. The molecule has 2 aromatic rings. The highest BCUT2D eigenvalue weighted by Crippen LogP contribution is 2.33. The summed E-state index contributed by atoms with van der Waals surface area (Å²) < 4.78 is 35.9. The molecular formula is C17H16Cl2FN3O3S. The number of amides is 1. The van der Waals surface area contributed by atoms with Crippen LogP contribution in [0.15, 0.2) is 35.5 Å². The standard InChI is InChI=1S/C17H16Cl2FN3O3S/c18-14-13(9-22-16(15(14)19)27(21,25)26)17(24)23-7-5-11(6-8-23)10-1-3-12(20)4-2-10/h1-4,9,11H,5-8H2,(H2,21,25,26). The average molecular weight is 432 g/mol. The molecule has 10 heteroatoms. The van der Waals surface area contributed by atoms with Gasteiger partial charge in [-0.1, -0.05) is 35.3 Å². The number of primary sulfonamides is 1. The molecule has 144 valence electrons. The van der Waals surface area contributed by atoms with Crippen molar-refractivity contribution in [1.29, 1.82) is 0 Å². The lowest BCUT2D eigenvalue weighted by Crippen LogP contribution is -2.38. The van der Waals surface area contributed by atoms with Crippen molar-refractivity contribution in [2.45, 2.75) is 23.8 Å². The van der Waals surface area contributed by atoms with Gasteiger partial charge in [0.1, 0.15) is 5.82 Å². The molecule has 3 rings (SSSR count). The van der Waals surface area contributed by atoms with E-state index in [-0.39, 0.29) is 33.3 Å². The number of hydrogen-bond acceptors (Lipinski definition) is 4. The fourth-order valence-corrected chi connectivity index (χ4v) is 4.42. The smallest absolute Gasteiger partial charge is 0.257 e. The number of carbonyl (C=O) groups excluding carboxylic acids is 1. The summed E-state index contributed by atoms with van der Waals surface area (Å²) in [5, 5.41) is 3.89. The number of likely N-dealkylation sites (tertiary alicyclic amines) is 1. The SMILES string of the molecule is NS(=O)(=O)c1ncc(C(=O)N2CCC(c3ccc(F)cc3)CC2)c(Cl)c1Cl. The van der Waals surface area contributed by atoms with Crippen molar-refractivity contribution in [3.8, 4) is 0 Å². The van der Waals surface area contributed by atoms with Crippen LogP contribution in [0, 0.1) is 5.82 Å². The van der Waals surface area contributed by atoms with E-state index in [2.05, 4.69) is 4.98 Å². The Hall–Kier alpha value is -1.74. The molecule has 1 amide bonds. The van der Waals surface area contributed by atoms with Gasteiger partial charge in [0.15, 0.2) is 5.03 Å². The number of sulfonamides is 1. The number of rotatable bonds is 3. The van der Waals surface area contributed by atoms with Crippen LogP contribution in [-0.4, -0.2) is 37.3 Å². The molecule has 27 heavy (non-hydrogen) atoms. The van der Waals surface area contributed by atoms with E-state index in [0.717, 1.165) is 11.8 Å². The van der Waals surface area contributed by atoms with Crippen LogP contribution in [0.25, 0.3) is 0 Å². The molecule has 1 fully saturated rings. The molecule has 1 aliphatic rings. The molecule has 1 aliphatic heterocycles. The Kier molecular flexibility index (Phi) is 5.71. The minimum atomic E-state index is -4.14. The highest BCUT2D eigenvalue weighted by Gasteiger charge is 2.28.